The van der Waals surface area contributed by atoms with Crippen molar-refractivity contribution in [1.82, 2.24) is 0 Å². The Morgan fingerprint density at radius 2 is 1.76 bits per heavy atom. The Hall–Kier alpha value is -1.27. The molecule has 2 heterocycles. The molecule has 0 amide bonds. The van der Waals surface area contributed by atoms with Gasteiger partial charge >= 0.3 is 0 Å². The summed E-state index contributed by atoms with van der Waals surface area (Å²) in [6.07, 6.45) is 1.74. The molecular weight excluding hydrogens is 292 g/mol. The minimum Gasteiger partial charge on any atom is -0.497 e. The summed E-state index contributed by atoms with van der Waals surface area (Å²) in [6.45, 7) is 0. The van der Waals surface area contributed by atoms with E-state index in [1.807, 2.05) is 0 Å². The Morgan fingerprint density at radius 3 is 2.29 bits per heavy atom. The van der Waals surface area contributed by atoms with Gasteiger partial charge in [-0.25, -0.2) is 8.42 Å². The van der Waals surface area contributed by atoms with Crippen molar-refractivity contribution < 1.29 is 23.0 Å². The predicted octanol–water partition coefficient (Wildman–Crippen LogP) is 1.63. The highest BCUT2D eigenvalue weighted by Gasteiger charge is 2.53. The molecule has 3 rings (SSSR count). The van der Waals surface area contributed by atoms with Gasteiger partial charge < -0.3 is 14.6 Å². The van der Waals surface area contributed by atoms with Gasteiger partial charge in [-0.3, -0.25) is 0 Å². The third-order valence-electron chi connectivity index (χ3n) is 4.78. The lowest BCUT2D eigenvalue weighted by Gasteiger charge is -2.37. The second-order valence-electron chi connectivity index (χ2n) is 5.92. The fourth-order valence-corrected chi connectivity index (χ4v) is 6.13. The van der Waals surface area contributed by atoms with E-state index in [9.17, 15) is 13.5 Å². The van der Waals surface area contributed by atoms with Gasteiger partial charge in [-0.1, -0.05) is 0 Å². The van der Waals surface area contributed by atoms with Gasteiger partial charge in [0.05, 0.1) is 30.3 Å². The molecule has 116 valence electrons. The topological polar surface area (TPSA) is 72.8 Å². The van der Waals surface area contributed by atoms with Gasteiger partial charge in [-0.15, -0.1) is 0 Å². The maximum Gasteiger partial charge on any atom is 0.156 e. The van der Waals surface area contributed by atoms with Gasteiger partial charge in [0.25, 0.3) is 0 Å². The molecule has 2 saturated heterocycles. The standard InChI is InChI=1S/C15H20O5S/c1-19-10-3-6-14(20-2)13(7-10)15(16)8-11-4-5-12(9-15)21(11,17)18/h3,6-7,11-12,16H,4-5,8-9H2,1-2H3. The molecule has 0 saturated carbocycles. The van der Waals surface area contributed by atoms with Crippen molar-refractivity contribution in [3.63, 3.8) is 0 Å². The summed E-state index contributed by atoms with van der Waals surface area (Å²) in [5.41, 5.74) is -0.548. The molecular formula is C15H20O5S. The highest BCUT2D eigenvalue weighted by molar-refractivity contribution is 7.93. The Morgan fingerprint density at radius 1 is 1.14 bits per heavy atom. The average molecular weight is 312 g/mol. The number of methoxy groups -OCH3 is 2. The first-order chi connectivity index (χ1) is 9.90. The summed E-state index contributed by atoms with van der Waals surface area (Å²) >= 11 is 0. The van der Waals surface area contributed by atoms with Crippen molar-refractivity contribution >= 4 is 9.84 Å². The van der Waals surface area contributed by atoms with E-state index in [2.05, 4.69) is 0 Å². The molecule has 5 nitrogen and oxygen atoms in total. The molecule has 1 N–H and O–H groups in total. The zero-order valence-electron chi connectivity index (χ0n) is 12.2. The van der Waals surface area contributed by atoms with Crippen molar-refractivity contribution in [3.05, 3.63) is 23.8 Å². The van der Waals surface area contributed by atoms with E-state index >= 15 is 0 Å². The summed E-state index contributed by atoms with van der Waals surface area (Å²) in [4.78, 5) is 0. The third kappa shape index (κ3) is 2.21. The quantitative estimate of drug-likeness (QED) is 0.918. The number of aliphatic hydroxyl groups is 1. The number of ether oxygens (including phenoxy) is 2. The van der Waals surface area contributed by atoms with Crippen LogP contribution in [0.3, 0.4) is 0 Å². The van der Waals surface area contributed by atoms with Crippen LogP contribution in [0.15, 0.2) is 18.2 Å². The smallest absolute Gasteiger partial charge is 0.156 e. The molecule has 0 aromatic heterocycles. The number of hydrogen-bond donors (Lipinski definition) is 1. The maximum absolute atomic E-state index is 12.2. The first-order valence-electron chi connectivity index (χ1n) is 7.08. The average Bonchev–Trinajstić information content (AvgIpc) is 2.66. The zero-order valence-corrected chi connectivity index (χ0v) is 13.0. The molecule has 21 heavy (non-hydrogen) atoms. The molecule has 1 aromatic rings. The van der Waals surface area contributed by atoms with Crippen molar-refractivity contribution in [1.29, 1.82) is 0 Å². The number of sulfone groups is 1. The Labute approximate surface area is 124 Å². The lowest BCUT2D eigenvalue weighted by Crippen LogP contribution is -2.43. The monoisotopic (exact) mass is 312 g/mol. The molecule has 0 aliphatic carbocycles. The van der Waals surface area contributed by atoms with E-state index in [0.29, 0.717) is 29.9 Å². The lowest BCUT2D eigenvalue weighted by atomic mass is 9.85. The minimum absolute atomic E-state index is 0.232. The first kappa shape index (κ1) is 14.7. The second kappa shape index (κ2) is 4.88. The molecule has 2 unspecified atom stereocenters. The lowest BCUT2D eigenvalue weighted by molar-refractivity contribution is 0.0149. The molecule has 2 bridgehead atoms. The molecule has 2 fully saturated rings. The third-order valence-corrected chi connectivity index (χ3v) is 7.44. The van der Waals surface area contributed by atoms with Crippen molar-refractivity contribution in [3.8, 4) is 11.5 Å². The van der Waals surface area contributed by atoms with Crippen LogP contribution < -0.4 is 9.47 Å². The van der Waals surface area contributed by atoms with Crippen LogP contribution in [0, 0.1) is 0 Å². The Balaban J connectivity index is 2.04. The fourth-order valence-electron chi connectivity index (χ4n) is 3.64. The highest BCUT2D eigenvalue weighted by Crippen LogP contribution is 2.50. The van der Waals surface area contributed by atoms with E-state index in [4.69, 9.17) is 9.47 Å². The molecule has 6 heteroatoms. The largest absolute Gasteiger partial charge is 0.497 e. The van der Waals surface area contributed by atoms with Gasteiger partial charge in [0, 0.05) is 5.56 Å². The summed E-state index contributed by atoms with van der Waals surface area (Å²) in [6, 6.07) is 5.26. The van der Waals surface area contributed by atoms with E-state index in [1.54, 1.807) is 32.4 Å². The molecule has 2 aliphatic heterocycles. The van der Waals surface area contributed by atoms with Crippen molar-refractivity contribution in [2.75, 3.05) is 14.2 Å². The molecule has 0 radical (unpaired) electrons. The Kier molecular flexibility index (Phi) is 3.41. The van der Waals surface area contributed by atoms with E-state index < -0.39 is 25.9 Å². The SMILES string of the molecule is COc1ccc(OC)c(C2(O)CC3CCC(C2)S3(=O)=O)c1. The van der Waals surface area contributed by atoms with E-state index in [1.165, 1.54) is 0 Å². The summed E-state index contributed by atoms with van der Waals surface area (Å²) in [5, 5.41) is 10.2. The number of hydrogen-bond acceptors (Lipinski definition) is 5. The highest BCUT2D eigenvalue weighted by atomic mass is 32.2. The van der Waals surface area contributed by atoms with Gasteiger partial charge in [0.2, 0.25) is 0 Å². The van der Waals surface area contributed by atoms with Crippen LogP contribution in [-0.4, -0.2) is 38.2 Å². The van der Waals surface area contributed by atoms with Gasteiger partial charge in [0.15, 0.2) is 9.84 Å². The Bertz CT molecular complexity index is 632. The number of benzene rings is 1. The summed E-state index contributed by atoms with van der Waals surface area (Å²) in [5.74, 6) is 1.19. The van der Waals surface area contributed by atoms with Gasteiger partial charge in [0.1, 0.15) is 11.5 Å². The second-order valence-corrected chi connectivity index (χ2v) is 8.43. The van der Waals surface area contributed by atoms with Crippen LogP contribution in [0.4, 0.5) is 0 Å². The first-order valence-corrected chi connectivity index (χ1v) is 8.69. The van der Waals surface area contributed by atoms with Crippen LogP contribution in [0.5, 0.6) is 11.5 Å². The molecule has 0 spiro atoms. The zero-order chi connectivity index (χ0) is 15.3. The minimum atomic E-state index is -3.08. The van der Waals surface area contributed by atoms with Crippen molar-refractivity contribution in [2.45, 2.75) is 41.8 Å². The number of fused-ring (bicyclic) bond motifs is 2. The number of rotatable bonds is 3. The molecule has 2 aliphatic rings. The van der Waals surface area contributed by atoms with Crippen LogP contribution >= 0.6 is 0 Å². The van der Waals surface area contributed by atoms with Crippen LogP contribution in [0.1, 0.15) is 31.2 Å². The fraction of sp³-hybridized carbons (Fsp3) is 0.600. The maximum atomic E-state index is 12.2. The van der Waals surface area contributed by atoms with E-state index in [0.717, 1.165) is 0 Å². The van der Waals surface area contributed by atoms with E-state index in [-0.39, 0.29) is 12.8 Å². The van der Waals surface area contributed by atoms with Crippen LogP contribution in [0.25, 0.3) is 0 Å². The van der Waals surface area contributed by atoms with Gasteiger partial charge in [-0.2, -0.15) is 0 Å². The summed E-state index contributed by atoms with van der Waals surface area (Å²) < 4.78 is 35.0. The molecule has 1 aromatic carbocycles. The summed E-state index contributed by atoms with van der Waals surface area (Å²) in [7, 11) is 0.0293. The normalized spacial score (nSPS) is 33.7. The predicted molar refractivity (Wildman–Crippen MR) is 78.4 cm³/mol. The van der Waals surface area contributed by atoms with Crippen LogP contribution in [-0.2, 0) is 15.4 Å². The van der Waals surface area contributed by atoms with Crippen LogP contribution in [0.2, 0.25) is 0 Å². The van der Waals surface area contributed by atoms with Crippen molar-refractivity contribution in [2.24, 2.45) is 0 Å². The van der Waals surface area contributed by atoms with Gasteiger partial charge in [-0.05, 0) is 43.9 Å². The molecule has 2 atom stereocenters.